The van der Waals surface area contributed by atoms with E-state index in [-0.39, 0.29) is 0 Å². The second-order valence-corrected chi connectivity index (χ2v) is 6.53. The maximum absolute atomic E-state index is 11.2. The zero-order chi connectivity index (χ0) is 13.3. The monoisotopic (exact) mass is 274 g/mol. The van der Waals surface area contributed by atoms with Crippen LogP contribution in [-0.2, 0) is 23.6 Å². The SMILES string of the molecule is Cn1cncc1CN1C[C@@H](O)[C@H](NS(C)(=O)=O)C1. The van der Waals surface area contributed by atoms with Crippen molar-refractivity contribution in [1.82, 2.24) is 19.2 Å². The van der Waals surface area contributed by atoms with Gasteiger partial charge in [0.25, 0.3) is 0 Å². The molecule has 0 unspecified atom stereocenters. The van der Waals surface area contributed by atoms with Gasteiger partial charge in [-0.2, -0.15) is 0 Å². The van der Waals surface area contributed by atoms with Gasteiger partial charge < -0.3 is 9.67 Å². The maximum atomic E-state index is 11.2. The fourth-order valence-corrected chi connectivity index (χ4v) is 2.93. The molecule has 1 saturated heterocycles. The van der Waals surface area contributed by atoms with Gasteiger partial charge in [0.15, 0.2) is 0 Å². The first-order valence-electron chi connectivity index (χ1n) is 5.68. The number of imidazole rings is 1. The van der Waals surface area contributed by atoms with Crippen LogP contribution in [0.25, 0.3) is 0 Å². The van der Waals surface area contributed by atoms with Gasteiger partial charge >= 0.3 is 0 Å². The molecule has 2 atom stereocenters. The molecular formula is C10H18N4O3S. The summed E-state index contributed by atoms with van der Waals surface area (Å²) in [5.74, 6) is 0. The van der Waals surface area contributed by atoms with E-state index in [2.05, 4.69) is 9.71 Å². The molecule has 1 aromatic heterocycles. The average molecular weight is 274 g/mol. The number of sulfonamides is 1. The minimum Gasteiger partial charge on any atom is -0.390 e. The lowest BCUT2D eigenvalue weighted by Crippen LogP contribution is -2.42. The van der Waals surface area contributed by atoms with Crippen LogP contribution >= 0.6 is 0 Å². The van der Waals surface area contributed by atoms with E-state index in [4.69, 9.17) is 0 Å². The van der Waals surface area contributed by atoms with E-state index in [0.717, 1.165) is 11.9 Å². The quantitative estimate of drug-likeness (QED) is 0.699. The van der Waals surface area contributed by atoms with Crippen molar-refractivity contribution in [2.75, 3.05) is 19.3 Å². The third kappa shape index (κ3) is 3.29. The van der Waals surface area contributed by atoms with Crippen molar-refractivity contribution in [3.63, 3.8) is 0 Å². The van der Waals surface area contributed by atoms with E-state index in [1.54, 1.807) is 12.5 Å². The van der Waals surface area contributed by atoms with Gasteiger partial charge in [0.05, 0.1) is 30.4 Å². The molecule has 0 aromatic carbocycles. The van der Waals surface area contributed by atoms with E-state index in [1.807, 2.05) is 16.5 Å². The van der Waals surface area contributed by atoms with Crippen molar-refractivity contribution in [2.24, 2.45) is 7.05 Å². The largest absolute Gasteiger partial charge is 0.390 e. The second-order valence-electron chi connectivity index (χ2n) is 4.75. The van der Waals surface area contributed by atoms with Crippen LogP contribution in [0, 0.1) is 0 Å². The highest BCUT2D eigenvalue weighted by molar-refractivity contribution is 7.88. The Morgan fingerprint density at radius 3 is 2.83 bits per heavy atom. The standard InChI is InChI=1S/C10H18N4O3S/c1-13-7-11-3-8(13)4-14-5-9(10(15)6-14)12-18(2,16)17/h3,7,9-10,12,15H,4-6H2,1-2H3/t9-,10-/m1/s1. The van der Waals surface area contributed by atoms with E-state index >= 15 is 0 Å². The first-order valence-corrected chi connectivity index (χ1v) is 7.57. The molecule has 0 radical (unpaired) electrons. The molecule has 2 N–H and O–H groups in total. The highest BCUT2D eigenvalue weighted by Crippen LogP contribution is 2.14. The molecule has 1 aliphatic rings. The molecule has 2 heterocycles. The topological polar surface area (TPSA) is 87.5 Å². The van der Waals surface area contributed by atoms with Crippen molar-refractivity contribution < 1.29 is 13.5 Å². The highest BCUT2D eigenvalue weighted by Gasteiger charge is 2.33. The Hall–Kier alpha value is -0.960. The number of hydrogen-bond donors (Lipinski definition) is 2. The molecule has 1 fully saturated rings. The number of aryl methyl sites for hydroxylation is 1. The maximum Gasteiger partial charge on any atom is 0.209 e. The number of nitrogens with one attached hydrogen (secondary N) is 1. The number of aliphatic hydroxyl groups is 1. The molecule has 2 rings (SSSR count). The Kier molecular flexibility index (Phi) is 3.71. The van der Waals surface area contributed by atoms with Crippen LogP contribution in [0.1, 0.15) is 5.69 Å². The Bertz CT molecular complexity index is 513. The van der Waals surface area contributed by atoms with Gasteiger partial charge in [-0.05, 0) is 0 Å². The molecule has 102 valence electrons. The minimum absolute atomic E-state index is 0.437. The van der Waals surface area contributed by atoms with E-state index in [9.17, 15) is 13.5 Å². The van der Waals surface area contributed by atoms with E-state index in [0.29, 0.717) is 19.6 Å². The summed E-state index contributed by atoms with van der Waals surface area (Å²) in [7, 11) is -1.38. The van der Waals surface area contributed by atoms with Gasteiger partial charge in [-0.3, -0.25) is 4.90 Å². The van der Waals surface area contributed by atoms with Crippen molar-refractivity contribution in [3.8, 4) is 0 Å². The Morgan fingerprint density at radius 1 is 1.56 bits per heavy atom. The van der Waals surface area contributed by atoms with Crippen LogP contribution in [0.4, 0.5) is 0 Å². The van der Waals surface area contributed by atoms with Gasteiger partial charge in [0, 0.05) is 32.9 Å². The summed E-state index contributed by atoms with van der Waals surface area (Å²) in [5.41, 5.74) is 1.03. The smallest absolute Gasteiger partial charge is 0.209 e. The molecule has 18 heavy (non-hydrogen) atoms. The second kappa shape index (κ2) is 4.96. The summed E-state index contributed by atoms with van der Waals surface area (Å²) in [4.78, 5) is 6.03. The summed E-state index contributed by atoms with van der Waals surface area (Å²) in [5, 5.41) is 9.83. The summed E-state index contributed by atoms with van der Waals surface area (Å²) < 4.78 is 26.7. The van der Waals surface area contributed by atoms with Crippen LogP contribution in [0.15, 0.2) is 12.5 Å². The molecule has 0 spiro atoms. The lowest BCUT2D eigenvalue weighted by Gasteiger charge is -2.15. The molecule has 1 aromatic rings. The fourth-order valence-electron chi connectivity index (χ4n) is 2.15. The average Bonchev–Trinajstić information content (AvgIpc) is 2.74. The molecule has 1 aliphatic heterocycles. The van der Waals surface area contributed by atoms with Crippen LogP contribution in [0.5, 0.6) is 0 Å². The summed E-state index contributed by atoms with van der Waals surface area (Å²) in [6.45, 7) is 1.60. The molecule has 8 heteroatoms. The first-order chi connectivity index (χ1) is 8.35. The normalized spacial score (nSPS) is 25.7. The van der Waals surface area contributed by atoms with E-state index in [1.165, 1.54) is 0 Å². The van der Waals surface area contributed by atoms with Gasteiger partial charge in [0.1, 0.15) is 0 Å². The van der Waals surface area contributed by atoms with E-state index < -0.39 is 22.2 Å². The third-order valence-electron chi connectivity index (χ3n) is 3.03. The Labute approximate surface area is 106 Å². The summed E-state index contributed by atoms with van der Waals surface area (Å²) in [6, 6.07) is -0.437. The highest BCUT2D eigenvalue weighted by atomic mass is 32.2. The zero-order valence-electron chi connectivity index (χ0n) is 10.4. The molecular weight excluding hydrogens is 256 g/mol. The lowest BCUT2D eigenvalue weighted by molar-refractivity contribution is 0.159. The predicted octanol–water partition coefficient (Wildman–Crippen LogP) is -1.49. The number of nitrogens with zero attached hydrogens (tertiary/aromatic N) is 3. The number of likely N-dealkylation sites (tertiary alicyclic amines) is 1. The van der Waals surface area contributed by atoms with Gasteiger partial charge in [-0.15, -0.1) is 0 Å². The summed E-state index contributed by atoms with van der Waals surface area (Å²) in [6.07, 6.45) is 3.91. The van der Waals surface area contributed by atoms with Gasteiger partial charge in [-0.25, -0.2) is 18.1 Å². The van der Waals surface area contributed by atoms with Crippen molar-refractivity contribution >= 4 is 10.0 Å². The number of β-amino-alcohol motifs (C(OH)–C–C–N with tert-alkyl or cyclic N) is 1. The zero-order valence-corrected chi connectivity index (χ0v) is 11.3. The van der Waals surface area contributed by atoms with Gasteiger partial charge in [-0.1, -0.05) is 0 Å². The first kappa shape index (κ1) is 13.5. The van der Waals surface area contributed by atoms with Crippen LogP contribution in [-0.4, -0.2) is 59.5 Å². The molecule has 0 aliphatic carbocycles. The van der Waals surface area contributed by atoms with Crippen molar-refractivity contribution in [2.45, 2.75) is 18.7 Å². The van der Waals surface area contributed by atoms with Crippen LogP contribution in [0.3, 0.4) is 0 Å². The predicted molar refractivity (Wildman–Crippen MR) is 66.3 cm³/mol. The number of hydrogen-bond acceptors (Lipinski definition) is 5. The molecule has 0 saturated carbocycles. The Balaban J connectivity index is 1.97. The van der Waals surface area contributed by atoms with Crippen molar-refractivity contribution in [1.29, 1.82) is 0 Å². The van der Waals surface area contributed by atoms with Crippen molar-refractivity contribution in [3.05, 3.63) is 18.2 Å². The summed E-state index contributed by atoms with van der Waals surface area (Å²) >= 11 is 0. The fraction of sp³-hybridized carbons (Fsp3) is 0.700. The molecule has 0 amide bonds. The van der Waals surface area contributed by atoms with Gasteiger partial charge in [0.2, 0.25) is 10.0 Å². The third-order valence-corrected chi connectivity index (χ3v) is 3.76. The molecule has 0 bridgehead atoms. The van der Waals surface area contributed by atoms with Crippen LogP contribution in [0.2, 0.25) is 0 Å². The number of aromatic nitrogens is 2. The lowest BCUT2D eigenvalue weighted by atomic mass is 10.2. The Morgan fingerprint density at radius 2 is 2.28 bits per heavy atom. The number of aliphatic hydroxyl groups excluding tert-OH is 1. The molecule has 7 nitrogen and oxygen atoms in total. The van der Waals surface area contributed by atoms with Crippen LogP contribution < -0.4 is 4.72 Å². The minimum atomic E-state index is -3.29. The number of rotatable bonds is 4.